The minimum Gasteiger partial charge on any atom is -0.494 e. The van der Waals surface area contributed by atoms with Crippen LogP contribution >= 0.6 is 0 Å². The number of alkyl halides is 1. The number of halogens is 2. The zero-order chi connectivity index (χ0) is 26.5. The zero-order valence-electron chi connectivity index (χ0n) is 20.2. The summed E-state index contributed by atoms with van der Waals surface area (Å²) in [5, 5.41) is 15.2. The van der Waals surface area contributed by atoms with Crippen LogP contribution in [0.1, 0.15) is 28.6 Å². The smallest absolute Gasteiger partial charge is 0.348 e. The number of rotatable bonds is 10. The molecule has 4 rings (SSSR count). The molecule has 192 valence electrons. The highest BCUT2D eigenvalue weighted by Crippen LogP contribution is 2.32. The number of aryl methyl sites for hydroxylation is 1. The maximum absolute atomic E-state index is 15.7. The molecule has 1 aromatic heterocycles. The van der Waals surface area contributed by atoms with Crippen molar-refractivity contribution in [1.82, 2.24) is 14.8 Å². The van der Waals surface area contributed by atoms with Gasteiger partial charge in [0.15, 0.2) is 17.4 Å². The van der Waals surface area contributed by atoms with Gasteiger partial charge in [-0.2, -0.15) is 4.68 Å². The SMILES string of the molecule is COc1ccccc1-n1nc(C(Nc2ccc(C(=N)N)cc2)c2cc(C)cc(OCCF)c2F)[nH]c1=O. The van der Waals surface area contributed by atoms with E-state index in [0.717, 1.165) is 4.68 Å². The van der Waals surface area contributed by atoms with Gasteiger partial charge in [-0.05, 0) is 55.0 Å². The van der Waals surface area contributed by atoms with E-state index in [1.807, 2.05) is 0 Å². The van der Waals surface area contributed by atoms with Crippen molar-refractivity contribution < 1.29 is 18.3 Å². The summed E-state index contributed by atoms with van der Waals surface area (Å²) >= 11 is 0. The van der Waals surface area contributed by atoms with Crippen LogP contribution in [0.5, 0.6) is 11.5 Å². The highest BCUT2D eigenvalue weighted by atomic mass is 19.1. The normalized spacial score (nSPS) is 11.7. The zero-order valence-corrected chi connectivity index (χ0v) is 20.2. The van der Waals surface area contributed by atoms with Crippen molar-refractivity contribution in [2.45, 2.75) is 13.0 Å². The lowest BCUT2D eigenvalue weighted by Gasteiger charge is -2.21. The monoisotopic (exact) mass is 508 g/mol. The summed E-state index contributed by atoms with van der Waals surface area (Å²) in [6.07, 6.45) is 0. The van der Waals surface area contributed by atoms with Gasteiger partial charge in [-0.25, -0.2) is 13.6 Å². The molecule has 0 bridgehead atoms. The number of hydrogen-bond acceptors (Lipinski definition) is 6. The number of hydrogen-bond donors (Lipinski definition) is 4. The van der Waals surface area contributed by atoms with E-state index in [0.29, 0.717) is 28.3 Å². The van der Waals surface area contributed by atoms with E-state index >= 15 is 4.39 Å². The van der Waals surface area contributed by atoms with Crippen molar-refractivity contribution >= 4 is 11.5 Å². The van der Waals surface area contributed by atoms with Crippen LogP contribution in [0.25, 0.3) is 5.69 Å². The Bertz CT molecular complexity index is 1470. The molecule has 0 amide bonds. The number of H-pyrrole nitrogens is 1. The van der Waals surface area contributed by atoms with Gasteiger partial charge < -0.3 is 20.5 Å². The molecule has 1 atom stereocenters. The van der Waals surface area contributed by atoms with E-state index in [9.17, 15) is 9.18 Å². The Morgan fingerprint density at radius 1 is 1.19 bits per heavy atom. The molecule has 5 N–H and O–H groups in total. The lowest BCUT2D eigenvalue weighted by atomic mass is 10.0. The van der Waals surface area contributed by atoms with Gasteiger partial charge in [-0.3, -0.25) is 10.4 Å². The molecule has 0 saturated carbocycles. The number of nitrogens with zero attached hydrogens (tertiary/aromatic N) is 2. The lowest BCUT2D eigenvalue weighted by Crippen LogP contribution is -2.18. The maximum Gasteiger partial charge on any atom is 0.348 e. The van der Waals surface area contributed by atoms with Gasteiger partial charge in [0, 0.05) is 16.8 Å². The molecule has 0 radical (unpaired) electrons. The van der Waals surface area contributed by atoms with Crippen LogP contribution in [-0.2, 0) is 0 Å². The van der Waals surface area contributed by atoms with Gasteiger partial charge >= 0.3 is 5.69 Å². The van der Waals surface area contributed by atoms with Crippen LogP contribution in [0, 0.1) is 18.2 Å². The van der Waals surface area contributed by atoms with Crippen LogP contribution < -0.4 is 26.2 Å². The fourth-order valence-corrected chi connectivity index (χ4v) is 3.87. The highest BCUT2D eigenvalue weighted by Gasteiger charge is 2.26. The molecule has 3 aromatic carbocycles. The summed E-state index contributed by atoms with van der Waals surface area (Å²) in [6, 6.07) is 15.6. The number of methoxy groups -OCH3 is 1. The lowest BCUT2D eigenvalue weighted by molar-refractivity contribution is 0.261. The number of aromatic nitrogens is 3. The summed E-state index contributed by atoms with van der Waals surface area (Å²) in [6.45, 7) is 0.674. The van der Waals surface area contributed by atoms with Gasteiger partial charge in [0.05, 0.1) is 7.11 Å². The van der Waals surface area contributed by atoms with Gasteiger partial charge in [-0.15, -0.1) is 5.10 Å². The first-order valence-corrected chi connectivity index (χ1v) is 11.3. The quantitative estimate of drug-likeness (QED) is 0.190. The van der Waals surface area contributed by atoms with Crippen molar-refractivity contribution in [1.29, 1.82) is 5.41 Å². The molecule has 0 spiro atoms. The molecule has 0 saturated heterocycles. The summed E-state index contributed by atoms with van der Waals surface area (Å²) in [7, 11) is 1.48. The Labute approximate surface area is 211 Å². The summed E-state index contributed by atoms with van der Waals surface area (Å²) < 4.78 is 40.2. The second-order valence-corrected chi connectivity index (χ2v) is 8.17. The van der Waals surface area contributed by atoms with Crippen molar-refractivity contribution in [2.24, 2.45) is 5.73 Å². The number of aromatic amines is 1. The predicted molar refractivity (Wildman–Crippen MR) is 136 cm³/mol. The van der Waals surface area contributed by atoms with Gasteiger partial charge in [0.2, 0.25) is 0 Å². The van der Waals surface area contributed by atoms with Crippen LogP contribution in [0.3, 0.4) is 0 Å². The Balaban J connectivity index is 1.84. The molecule has 4 aromatic rings. The first kappa shape index (κ1) is 25.4. The number of ether oxygens (including phenoxy) is 2. The molecule has 0 aliphatic carbocycles. The third-order valence-corrected chi connectivity index (χ3v) is 5.59. The Hall–Kier alpha value is -4.67. The van der Waals surface area contributed by atoms with Gasteiger partial charge in [0.1, 0.15) is 36.6 Å². The second kappa shape index (κ2) is 10.9. The molecule has 0 aliphatic heterocycles. The number of nitrogens with two attached hydrogens (primary N) is 1. The largest absolute Gasteiger partial charge is 0.494 e. The molecule has 1 heterocycles. The summed E-state index contributed by atoms with van der Waals surface area (Å²) in [4.78, 5) is 15.6. The summed E-state index contributed by atoms with van der Waals surface area (Å²) in [5.74, 6) is -0.382. The fourth-order valence-electron chi connectivity index (χ4n) is 3.87. The fraction of sp³-hybridized carbons (Fsp3) is 0.192. The first-order valence-electron chi connectivity index (χ1n) is 11.3. The van der Waals surface area contributed by atoms with E-state index in [1.165, 1.54) is 13.2 Å². The third-order valence-electron chi connectivity index (χ3n) is 5.59. The maximum atomic E-state index is 15.7. The van der Waals surface area contributed by atoms with Crippen molar-refractivity contribution in [3.63, 3.8) is 0 Å². The minimum absolute atomic E-state index is 0.0950. The standard InChI is InChI=1S/C26H26F2N6O3/c1-15-13-18(22(28)21(14-15)37-12-11-27)23(31-17-9-7-16(8-10-17)24(29)30)25-32-26(35)34(33-25)19-5-3-4-6-20(19)36-2/h3-10,13-14,23,31H,11-12H2,1-2H3,(H3,29,30)(H,32,33,35). The van der Waals surface area contributed by atoms with Crippen molar-refractivity contribution in [3.8, 4) is 17.2 Å². The Morgan fingerprint density at radius 3 is 2.59 bits per heavy atom. The van der Waals surface area contributed by atoms with E-state index in [4.69, 9.17) is 20.6 Å². The third kappa shape index (κ3) is 5.45. The van der Waals surface area contributed by atoms with E-state index < -0.39 is 24.2 Å². The molecular weight excluding hydrogens is 482 g/mol. The van der Waals surface area contributed by atoms with Gasteiger partial charge in [-0.1, -0.05) is 18.2 Å². The minimum atomic E-state index is -0.973. The first-order chi connectivity index (χ1) is 17.8. The van der Waals surface area contributed by atoms with Crippen LogP contribution in [0.4, 0.5) is 14.5 Å². The molecular formula is C26H26F2N6O3. The number of benzene rings is 3. The Morgan fingerprint density at radius 2 is 1.92 bits per heavy atom. The average molecular weight is 509 g/mol. The van der Waals surface area contributed by atoms with E-state index in [2.05, 4.69) is 15.4 Å². The van der Waals surface area contributed by atoms with Crippen LogP contribution in [0.15, 0.2) is 65.5 Å². The predicted octanol–water partition coefficient (Wildman–Crippen LogP) is 3.85. The van der Waals surface area contributed by atoms with Crippen molar-refractivity contribution in [3.05, 3.63) is 99.5 Å². The van der Waals surface area contributed by atoms with E-state index in [1.54, 1.807) is 61.5 Å². The number of nitrogens with one attached hydrogen (secondary N) is 3. The molecule has 0 fully saturated rings. The highest BCUT2D eigenvalue weighted by molar-refractivity contribution is 5.95. The second-order valence-electron chi connectivity index (χ2n) is 8.17. The van der Waals surface area contributed by atoms with Crippen LogP contribution in [0.2, 0.25) is 0 Å². The molecule has 11 heteroatoms. The van der Waals surface area contributed by atoms with Crippen LogP contribution in [-0.4, -0.2) is 41.0 Å². The van der Waals surface area contributed by atoms with Crippen molar-refractivity contribution in [2.75, 3.05) is 25.7 Å². The molecule has 37 heavy (non-hydrogen) atoms. The number of nitrogen functional groups attached to an aromatic ring is 1. The topological polar surface area (TPSA) is 131 Å². The Kier molecular flexibility index (Phi) is 7.52. The van der Waals surface area contributed by atoms with Gasteiger partial charge in [0.25, 0.3) is 0 Å². The van der Waals surface area contributed by atoms with E-state index in [-0.39, 0.29) is 29.6 Å². The number of anilines is 1. The number of para-hydroxylation sites is 2. The number of amidine groups is 1. The molecule has 0 aliphatic rings. The molecule has 9 nitrogen and oxygen atoms in total. The average Bonchev–Trinajstić information content (AvgIpc) is 3.28. The molecule has 1 unspecified atom stereocenters. The summed E-state index contributed by atoms with van der Waals surface area (Å²) in [5.41, 5.74) is 7.25.